The minimum Gasteiger partial charge on any atom is -0.497 e. The first-order chi connectivity index (χ1) is 12.6. The third-order valence-electron chi connectivity index (χ3n) is 3.98. The fraction of sp³-hybridized carbons (Fsp3) is 0.0952. The zero-order valence-electron chi connectivity index (χ0n) is 14.5. The quantitative estimate of drug-likeness (QED) is 0.667. The maximum Gasteiger partial charge on any atom is 0.257 e. The molecule has 0 radical (unpaired) electrons. The average molecular weight is 368 g/mol. The van der Waals surface area contributed by atoms with Gasteiger partial charge < -0.3 is 14.8 Å². The van der Waals surface area contributed by atoms with Crippen LogP contribution in [0, 0.1) is 0 Å². The number of carbonyl (C=O) groups is 1. The van der Waals surface area contributed by atoms with Crippen LogP contribution < -0.4 is 14.8 Å². The fourth-order valence-corrected chi connectivity index (χ4v) is 2.85. The first-order valence-corrected chi connectivity index (χ1v) is 8.38. The minimum atomic E-state index is -0.263. The topological polar surface area (TPSA) is 47.6 Å². The van der Waals surface area contributed by atoms with Gasteiger partial charge in [0.1, 0.15) is 11.5 Å². The van der Waals surface area contributed by atoms with Gasteiger partial charge in [-0.25, -0.2) is 0 Å². The molecule has 0 aromatic heterocycles. The highest BCUT2D eigenvalue weighted by Crippen LogP contribution is 2.33. The highest BCUT2D eigenvalue weighted by molar-refractivity contribution is 6.34. The standard InChI is InChI=1S/C21H18ClNO3/c1-25-16-10-7-14(8-11-16)18-13-15(9-12-20(18)26-2)23-21(24)17-5-3-4-6-19(17)22/h3-13H,1-2H3,(H,23,24). The van der Waals surface area contributed by atoms with Gasteiger partial charge in [-0.2, -0.15) is 0 Å². The molecule has 132 valence electrons. The van der Waals surface area contributed by atoms with Crippen LogP contribution in [0.1, 0.15) is 10.4 Å². The SMILES string of the molecule is COc1ccc(-c2cc(NC(=O)c3ccccc3Cl)ccc2OC)cc1. The highest BCUT2D eigenvalue weighted by Gasteiger charge is 2.12. The third-order valence-corrected chi connectivity index (χ3v) is 4.31. The second kappa shape index (κ2) is 7.93. The van der Waals surface area contributed by atoms with Crippen LogP contribution in [0.3, 0.4) is 0 Å². The molecule has 0 fully saturated rings. The number of amides is 1. The maximum absolute atomic E-state index is 12.5. The summed E-state index contributed by atoms with van der Waals surface area (Å²) in [5.74, 6) is 1.23. The van der Waals surface area contributed by atoms with Gasteiger partial charge in [-0.15, -0.1) is 0 Å². The lowest BCUT2D eigenvalue weighted by Crippen LogP contribution is -2.12. The molecular formula is C21H18ClNO3. The summed E-state index contributed by atoms with van der Waals surface area (Å²) < 4.78 is 10.7. The Morgan fingerprint density at radius 2 is 1.65 bits per heavy atom. The number of nitrogens with one attached hydrogen (secondary N) is 1. The Balaban J connectivity index is 1.92. The molecule has 3 aromatic rings. The molecule has 5 heteroatoms. The zero-order valence-corrected chi connectivity index (χ0v) is 15.2. The van der Waals surface area contributed by atoms with E-state index in [9.17, 15) is 4.79 Å². The minimum absolute atomic E-state index is 0.263. The molecule has 0 aliphatic rings. The number of hydrogen-bond acceptors (Lipinski definition) is 3. The number of carbonyl (C=O) groups excluding carboxylic acids is 1. The Morgan fingerprint density at radius 3 is 2.31 bits per heavy atom. The smallest absolute Gasteiger partial charge is 0.257 e. The van der Waals surface area contributed by atoms with Crippen LogP contribution in [0.2, 0.25) is 5.02 Å². The van der Waals surface area contributed by atoms with E-state index in [0.29, 0.717) is 22.0 Å². The van der Waals surface area contributed by atoms with Gasteiger partial charge in [0, 0.05) is 11.3 Å². The average Bonchev–Trinajstić information content (AvgIpc) is 2.68. The van der Waals surface area contributed by atoms with Crippen LogP contribution in [-0.2, 0) is 0 Å². The van der Waals surface area contributed by atoms with Crippen molar-refractivity contribution in [3.8, 4) is 22.6 Å². The number of rotatable bonds is 5. The predicted molar refractivity (Wildman–Crippen MR) is 104 cm³/mol. The molecule has 0 spiro atoms. The summed E-state index contributed by atoms with van der Waals surface area (Å²) in [6.45, 7) is 0. The molecule has 0 aliphatic carbocycles. The van der Waals surface area contributed by atoms with Crippen molar-refractivity contribution in [2.45, 2.75) is 0 Å². The van der Waals surface area contributed by atoms with E-state index >= 15 is 0 Å². The van der Waals surface area contributed by atoms with Crippen LogP contribution in [-0.4, -0.2) is 20.1 Å². The molecule has 0 unspecified atom stereocenters. The summed E-state index contributed by atoms with van der Waals surface area (Å²) in [4.78, 5) is 12.5. The number of hydrogen-bond donors (Lipinski definition) is 1. The first-order valence-electron chi connectivity index (χ1n) is 8.00. The lowest BCUT2D eigenvalue weighted by molar-refractivity contribution is 0.102. The van der Waals surface area contributed by atoms with E-state index in [-0.39, 0.29) is 5.91 Å². The van der Waals surface area contributed by atoms with Crippen molar-refractivity contribution >= 4 is 23.2 Å². The predicted octanol–water partition coefficient (Wildman–Crippen LogP) is 5.28. The number of methoxy groups -OCH3 is 2. The first kappa shape index (κ1) is 17.8. The van der Waals surface area contributed by atoms with Crippen molar-refractivity contribution in [3.63, 3.8) is 0 Å². The number of anilines is 1. The largest absolute Gasteiger partial charge is 0.497 e. The molecule has 1 amide bonds. The van der Waals surface area contributed by atoms with E-state index in [4.69, 9.17) is 21.1 Å². The Kier molecular flexibility index (Phi) is 5.44. The van der Waals surface area contributed by atoms with Crippen LogP contribution >= 0.6 is 11.6 Å². The van der Waals surface area contributed by atoms with E-state index in [2.05, 4.69) is 5.32 Å². The van der Waals surface area contributed by atoms with Gasteiger partial charge in [0.05, 0.1) is 24.8 Å². The van der Waals surface area contributed by atoms with Crippen LogP contribution in [0.25, 0.3) is 11.1 Å². The Hall–Kier alpha value is -2.98. The van der Waals surface area contributed by atoms with E-state index in [1.165, 1.54) is 0 Å². The molecule has 0 atom stereocenters. The van der Waals surface area contributed by atoms with Gasteiger partial charge in [-0.05, 0) is 48.0 Å². The van der Waals surface area contributed by atoms with Crippen molar-refractivity contribution in [2.24, 2.45) is 0 Å². The van der Waals surface area contributed by atoms with Crippen molar-refractivity contribution < 1.29 is 14.3 Å². The zero-order chi connectivity index (χ0) is 18.5. The van der Waals surface area contributed by atoms with Crippen LogP contribution in [0.4, 0.5) is 5.69 Å². The van der Waals surface area contributed by atoms with Crippen LogP contribution in [0.15, 0.2) is 66.7 Å². The summed E-state index contributed by atoms with van der Waals surface area (Å²) in [6, 6.07) is 20.1. The number of benzene rings is 3. The normalized spacial score (nSPS) is 10.3. The second-order valence-corrected chi connectivity index (χ2v) is 5.98. The summed E-state index contributed by atoms with van der Waals surface area (Å²) in [5, 5.41) is 3.29. The van der Waals surface area contributed by atoms with Crippen molar-refractivity contribution in [2.75, 3.05) is 19.5 Å². The van der Waals surface area contributed by atoms with Gasteiger partial charge in [0.2, 0.25) is 0 Å². The summed E-state index contributed by atoms with van der Waals surface area (Å²) >= 11 is 6.10. The number of ether oxygens (including phenoxy) is 2. The van der Waals surface area contributed by atoms with Gasteiger partial charge in [0.15, 0.2) is 0 Å². The van der Waals surface area contributed by atoms with Crippen molar-refractivity contribution in [1.29, 1.82) is 0 Å². The number of halogens is 1. The molecule has 0 aliphatic heterocycles. The van der Waals surface area contributed by atoms with E-state index < -0.39 is 0 Å². The van der Waals surface area contributed by atoms with E-state index in [0.717, 1.165) is 16.9 Å². The highest BCUT2D eigenvalue weighted by atomic mass is 35.5. The van der Waals surface area contributed by atoms with Crippen molar-refractivity contribution in [3.05, 3.63) is 77.3 Å². The molecule has 3 rings (SSSR count). The molecule has 1 N–H and O–H groups in total. The van der Waals surface area contributed by atoms with E-state index in [1.54, 1.807) is 44.6 Å². The second-order valence-electron chi connectivity index (χ2n) is 5.58. The van der Waals surface area contributed by atoms with Gasteiger partial charge in [-0.3, -0.25) is 4.79 Å². The van der Waals surface area contributed by atoms with Gasteiger partial charge in [0.25, 0.3) is 5.91 Å². The van der Waals surface area contributed by atoms with Gasteiger partial charge >= 0.3 is 0 Å². The van der Waals surface area contributed by atoms with Crippen LogP contribution in [0.5, 0.6) is 11.5 Å². The molecule has 26 heavy (non-hydrogen) atoms. The third kappa shape index (κ3) is 3.81. The Morgan fingerprint density at radius 1 is 0.923 bits per heavy atom. The molecule has 3 aromatic carbocycles. The molecule has 4 nitrogen and oxygen atoms in total. The molecule has 0 saturated heterocycles. The van der Waals surface area contributed by atoms with Crippen molar-refractivity contribution in [1.82, 2.24) is 0 Å². The summed E-state index contributed by atoms with van der Waals surface area (Å²) in [5.41, 5.74) is 2.90. The summed E-state index contributed by atoms with van der Waals surface area (Å²) in [7, 11) is 3.24. The van der Waals surface area contributed by atoms with Gasteiger partial charge in [-0.1, -0.05) is 35.9 Å². The lowest BCUT2D eigenvalue weighted by Gasteiger charge is -2.13. The van der Waals surface area contributed by atoms with E-state index in [1.807, 2.05) is 36.4 Å². The maximum atomic E-state index is 12.5. The summed E-state index contributed by atoms with van der Waals surface area (Å²) in [6.07, 6.45) is 0. The molecule has 0 bridgehead atoms. The molecular weight excluding hydrogens is 350 g/mol. The molecule has 0 saturated carbocycles. The lowest BCUT2D eigenvalue weighted by atomic mass is 10.0. The monoisotopic (exact) mass is 367 g/mol. The fourth-order valence-electron chi connectivity index (χ4n) is 2.63. The molecule has 0 heterocycles. The Labute approximate surface area is 157 Å². The Bertz CT molecular complexity index is 923.